The highest BCUT2D eigenvalue weighted by Crippen LogP contribution is 2.30. The fourth-order valence-corrected chi connectivity index (χ4v) is 3.85. The van der Waals surface area contributed by atoms with Crippen LogP contribution in [0.2, 0.25) is 0 Å². The molecule has 168 valence electrons. The molecule has 11 heteroatoms. The monoisotopic (exact) mass is 463 g/mol. The van der Waals surface area contributed by atoms with Crippen LogP contribution >= 0.6 is 11.8 Å². The second-order valence-electron chi connectivity index (χ2n) is 7.27. The van der Waals surface area contributed by atoms with E-state index in [0.29, 0.717) is 11.0 Å². The van der Waals surface area contributed by atoms with Gasteiger partial charge in [-0.2, -0.15) is 0 Å². The minimum atomic E-state index is -0.324. The van der Waals surface area contributed by atoms with Gasteiger partial charge in [-0.15, -0.1) is 10.2 Å². The average molecular weight is 464 g/mol. The van der Waals surface area contributed by atoms with Crippen molar-refractivity contribution >= 4 is 35.1 Å². The van der Waals surface area contributed by atoms with Crippen LogP contribution in [0.25, 0.3) is 17.2 Å². The van der Waals surface area contributed by atoms with E-state index in [2.05, 4.69) is 31.1 Å². The number of anilines is 2. The molecule has 2 aromatic heterocycles. The molecule has 2 heterocycles. The van der Waals surface area contributed by atoms with Crippen LogP contribution < -0.4 is 10.6 Å². The molecule has 0 aliphatic heterocycles. The molecule has 0 saturated heterocycles. The lowest BCUT2D eigenvalue weighted by atomic mass is 10.1. The summed E-state index contributed by atoms with van der Waals surface area (Å²) in [7, 11) is 0. The largest absolute Gasteiger partial charge is 0.325 e. The molecular formula is C22H21N7O3S. The number of rotatable bonds is 7. The van der Waals surface area contributed by atoms with E-state index in [1.165, 1.54) is 18.7 Å². The van der Waals surface area contributed by atoms with Gasteiger partial charge in [0.05, 0.1) is 5.75 Å². The molecular weight excluding hydrogens is 442 g/mol. The molecule has 0 radical (unpaired) electrons. The zero-order chi connectivity index (χ0) is 23.4. The van der Waals surface area contributed by atoms with Crippen molar-refractivity contribution in [3.8, 4) is 17.2 Å². The SMILES string of the molecule is CC(=O)Nc1nonc1-c1nnc(SCC(=O)Nc2cc(C)ccc2C)n1-c1ccccc1. The lowest BCUT2D eigenvalue weighted by Crippen LogP contribution is -2.15. The van der Waals surface area contributed by atoms with Crippen molar-refractivity contribution in [2.24, 2.45) is 0 Å². The molecule has 0 atom stereocenters. The number of hydrogen-bond donors (Lipinski definition) is 2. The fraction of sp³-hybridized carbons (Fsp3) is 0.182. The summed E-state index contributed by atoms with van der Waals surface area (Å²) in [5.41, 5.74) is 3.81. The van der Waals surface area contributed by atoms with E-state index in [1.54, 1.807) is 4.57 Å². The number of thioether (sulfide) groups is 1. The number of aromatic nitrogens is 5. The van der Waals surface area contributed by atoms with Gasteiger partial charge in [-0.3, -0.25) is 14.2 Å². The molecule has 0 fully saturated rings. The molecule has 0 saturated carbocycles. The maximum atomic E-state index is 12.6. The lowest BCUT2D eigenvalue weighted by Gasteiger charge is -2.11. The Morgan fingerprint density at radius 2 is 1.82 bits per heavy atom. The number of hydrogen-bond acceptors (Lipinski definition) is 8. The van der Waals surface area contributed by atoms with E-state index >= 15 is 0 Å². The summed E-state index contributed by atoms with van der Waals surface area (Å²) in [4.78, 5) is 24.1. The van der Waals surface area contributed by atoms with Crippen LogP contribution in [0, 0.1) is 13.8 Å². The van der Waals surface area contributed by atoms with Gasteiger partial charge in [-0.25, -0.2) is 4.63 Å². The van der Waals surface area contributed by atoms with Crippen molar-refractivity contribution in [3.05, 3.63) is 59.7 Å². The van der Waals surface area contributed by atoms with E-state index in [0.717, 1.165) is 22.5 Å². The number of nitrogens with one attached hydrogen (secondary N) is 2. The summed E-state index contributed by atoms with van der Waals surface area (Å²) in [5.74, 6) is 0.0869. The Labute approximate surface area is 193 Å². The number of aryl methyl sites for hydroxylation is 2. The molecule has 0 spiro atoms. The normalized spacial score (nSPS) is 10.8. The Bertz CT molecular complexity index is 1300. The molecule has 4 aromatic rings. The van der Waals surface area contributed by atoms with Gasteiger partial charge in [0.2, 0.25) is 17.6 Å². The van der Waals surface area contributed by atoms with Crippen LogP contribution in [0.15, 0.2) is 58.3 Å². The van der Waals surface area contributed by atoms with E-state index in [4.69, 9.17) is 4.63 Å². The Hall–Kier alpha value is -3.99. The fourth-order valence-electron chi connectivity index (χ4n) is 3.10. The minimum absolute atomic E-state index is 0.119. The average Bonchev–Trinajstić information content (AvgIpc) is 3.41. The zero-order valence-electron chi connectivity index (χ0n) is 18.2. The van der Waals surface area contributed by atoms with Crippen LogP contribution in [-0.4, -0.2) is 42.6 Å². The Morgan fingerprint density at radius 3 is 2.58 bits per heavy atom. The van der Waals surface area contributed by atoms with E-state index in [9.17, 15) is 9.59 Å². The summed E-state index contributed by atoms with van der Waals surface area (Å²) in [6.07, 6.45) is 0. The first-order valence-corrected chi connectivity index (χ1v) is 11.0. The number of nitrogens with zero attached hydrogens (tertiary/aromatic N) is 5. The third-order valence-corrected chi connectivity index (χ3v) is 5.57. The highest BCUT2D eigenvalue weighted by molar-refractivity contribution is 7.99. The second-order valence-corrected chi connectivity index (χ2v) is 8.22. The van der Waals surface area contributed by atoms with Crippen molar-refractivity contribution in [2.45, 2.75) is 25.9 Å². The van der Waals surface area contributed by atoms with Crippen LogP contribution in [-0.2, 0) is 9.59 Å². The number of carbonyl (C=O) groups is 2. The van der Waals surface area contributed by atoms with Crippen LogP contribution in [0.3, 0.4) is 0 Å². The minimum Gasteiger partial charge on any atom is -0.325 e. The van der Waals surface area contributed by atoms with Gasteiger partial charge in [0, 0.05) is 18.3 Å². The van der Waals surface area contributed by atoms with Gasteiger partial charge < -0.3 is 10.6 Å². The summed E-state index contributed by atoms with van der Waals surface area (Å²) in [5, 5.41) is 22.1. The summed E-state index contributed by atoms with van der Waals surface area (Å²) in [6.45, 7) is 5.27. The highest BCUT2D eigenvalue weighted by atomic mass is 32.2. The van der Waals surface area contributed by atoms with Crippen molar-refractivity contribution in [2.75, 3.05) is 16.4 Å². The first-order valence-electron chi connectivity index (χ1n) is 10.0. The first-order chi connectivity index (χ1) is 15.9. The number of para-hydroxylation sites is 1. The van der Waals surface area contributed by atoms with Gasteiger partial charge in [0.25, 0.3) is 0 Å². The first kappa shape index (κ1) is 22.2. The third kappa shape index (κ3) is 5.09. The Morgan fingerprint density at radius 1 is 1.03 bits per heavy atom. The Kier molecular flexibility index (Phi) is 6.50. The summed E-state index contributed by atoms with van der Waals surface area (Å²) >= 11 is 1.23. The molecule has 10 nitrogen and oxygen atoms in total. The van der Waals surface area contributed by atoms with Gasteiger partial charge in [0.1, 0.15) is 0 Å². The predicted molar refractivity (Wildman–Crippen MR) is 124 cm³/mol. The van der Waals surface area contributed by atoms with Crippen molar-refractivity contribution < 1.29 is 14.2 Å². The standard InChI is InChI=1S/C22H21N7O3S/c1-13-9-10-14(2)17(11-13)24-18(31)12-33-22-26-25-21(29(22)16-7-5-4-6-8-16)19-20(23-15(3)30)28-32-27-19/h4-11H,12H2,1-3H3,(H,24,31)(H,23,28,30). The number of carbonyl (C=O) groups excluding carboxylic acids is 2. The molecule has 0 bridgehead atoms. The molecule has 4 rings (SSSR count). The summed E-state index contributed by atoms with van der Waals surface area (Å²) in [6, 6.07) is 15.3. The highest BCUT2D eigenvalue weighted by Gasteiger charge is 2.24. The van der Waals surface area contributed by atoms with Crippen molar-refractivity contribution in [1.29, 1.82) is 0 Å². The van der Waals surface area contributed by atoms with Gasteiger partial charge >= 0.3 is 0 Å². The van der Waals surface area contributed by atoms with E-state index in [-0.39, 0.29) is 29.1 Å². The molecule has 2 amide bonds. The molecule has 33 heavy (non-hydrogen) atoms. The topological polar surface area (TPSA) is 128 Å². The molecule has 0 aliphatic rings. The van der Waals surface area contributed by atoms with E-state index < -0.39 is 0 Å². The van der Waals surface area contributed by atoms with Gasteiger partial charge in [-0.1, -0.05) is 42.1 Å². The number of amides is 2. The third-order valence-electron chi connectivity index (χ3n) is 4.64. The van der Waals surface area contributed by atoms with Gasteiger partial charge in [-0.05, 0) is 53.5 Å². The quantitative estimate of drug-likeness (QED) is 0.398. The molecule has 2 aromatic carbocycles. The smallest absolute Gasteiger partial charge is 0.234 e. The zero-order valence-corrected chi connectivity index (χ0v) is 19.0. The molecule has 0 unspecified atom stereocenters. The Balaban J connectivity index is 1.61. The van der Waals surface area contributed by atoms with E-state index in [1.807, 2.05) is 62.4 Å². The molecule has 2 N–H and O–H groups in total. The second kappa shape index (κ2) is 9.65. The number of benzene rings is 2. The lowest BCUT2D eigenvalue weighted by molar-refractivity contribution is -0.114. The van der Waals surface area contributed by atoms with Gasteiger partial charge in [0.15, 0.2) is 16.7 Å². The predicted octanol–water partition coefficient (Wildman–Crippen LogP) is 3.62. The van der Waals surface area contributed by atoms with Crippen LogP contribution in [0.4, 0.5) is 11.5 Å². The van der Waals surface area contributed by atoms with Crippen molar-refractivity contribution in [1.82, 2.24) is 25.1 Å². The van der Waals surface area contributed by atoms with Crippen molar-refractivity contribution in [3.63, 3.8) is 0 Å². The van der Waals surface area contributed by atoms with Crippen LogP contribution in [0.5, 0.6) is 0 Å². The van der Waals surface area contributed by atoms with Crippen LogP contribution in [0.1, 0.15) is 18.1 Å². The maximum absolute atomic E-state index is 12.6. The molecule has 0 aliphatic carbocycles. The summed E-state index contributed by atoms with van der Waals surface area (Å²) < 4.78 is 6.56. The maximum Gasteiger partial charge on any atom is 0.234 e.